The molecule has 1 aliphatic heterocycles. The maximum atomic E-state index is 13.3. The van der Waals surface area contributed by atoms with Crippen LogP contribution in [0.4, 0.5) is 14.5 Å². The summed E-state index contributed by atoms with van der Waals surface area (Å²) in [6, 6.07) is 6.19. The van der Waals surface area contributed by atoms with Gasteiger partial charge in [0.25, 0.3) is 17.9 Å². The second-order valence-electron chi connectivity index (χ2n) is 7.42. The average molecular weight is 465 g/mol. The molecule has 0 bridgehead atoms. The summed E-state index contributed by atoms with van der Waals surface area (Å²) in [5, 5.41) is 6.02. The van der Waals surface area contributed by atoms with Crippen molar-refractivity contribution in [3.8, 4) is 0 Å². The minimum absolute atomic E-state index is 0.00508. The second kappa shape index (κ2) is 9.90. The summed E-state index contributed by atoms with van der Waals surface area (Å²) in [5.74, 6) is -0.405. The molecule has 1 aromatic heterocycles. The van der Waals surface area contributed by atoms with Crippen molar-refractivity contribution >= 4 is 28.9 Å². The van der Waals surface area contributed by atoms with Crippen molar-refractivity contribution in [1.82, 2.24) is 15.1 Å². The fraction of sp³-hybridized carbons (Fsp3) is 0.333. The molecule has 1 amide bonds. The number of carbonyl (C=O) groups excluding carboxylic acids is 1. The maximum absolute atomic E-state index is 13.3. The predicted molar refractivity (Wildman–Crippen MR) is 119 cm³/mol. The zero-order valence-corrected chi connectivity index (χ0v) is 18.4. The Morgan fingerprint density at radius 2 is 2.09 bits per heavy atom. The minimum Gasteiger partial charge on any atom is -0.394 e. The molecule has 3 N–H and O–H groups in total. The third kappa shape index (κ3) is 4.96. The number of hydrogen-bond acceptors (Lipinski definition) is 6. The van der Waals surface area contributed by atoms with E-state index < -0.39 is 17.9 Å². The van der Waals surface area contributed by atoms with Crippen LogP contribution in [0, 0.1) is 0 Å². The van der Waals surface area contributed by atoms with Crippen molar-refractivity contribution in [2.24, 2.45) is 10.7 Å². The van der Waals surface area contributed by atoms with E-state index in [2.05, 4.69) is 15.2 Å². The highest BCUT2D eigenvalue weighted by Gasteiger charge is 2.27. The predicted octanol–water partition coefficient (Wildman–Crippen LogP) is 2.51. The van der Waals surface area contributed by atoms with Crippen LogP contribution in [0.5, 0.6) is 0 Å². The summed E-state index contributed by atoms with van der Waals surface area (Å²) in [7, 11) is 3.15. The number of H-pyrrole nitrogens is 1. The number of rotatable bonds is 5. The van der Waals surface area contributed by atoms with Crippen LogP contribution in [0.2, 0.25) is 5.02 Å². The highest BCUT2D eigenvalue weighted by Crippen LogP contribution is 2.28. The monoisotopic (exact) mass is 464 g/mol. The highest BCUT2D eigenvalue weighted by atomic mass is 35.5. The van der Waals surface area contributed by atoms with Crippen molar-refractivity contribution in [2.75, 3.05) is 32.1 Å². The molecule has 1 fully saturated rings. The Morgan fingerprint density at radius 1 is 1.38 bits per heavy atom. The number of aromatic nitrogens is 2. The molecule has 11 heteroatoms. The second-order valence-corrected chi connectivity index (χ2v) is 7.80. The van der Waals surface area contributed by atoms with Gasteiger partial charge in [0.15, 0.2) is 0 Å². The lowest BCUT2D eigenvalue weighted by atomic mass is 9.98. The lowest BCUT2D eigenvalue weighted by Gasteiger charge is -2.32. The summed E-state index contributed by atoms with van der Waals surface area (Å²) in [6.45, 7) is 0.606. The van der Waals surface area contributed by atoms with Gasteiger partial charge in [0.05, 0.1) is 18.4 Å². The molecular formula is C21H23ClF2N6O2. The van der Waals surface area contributed by atoms with Gasteiger partial charge in [-0.25, -0.2) is 13.9 Å². The van der Waals surface area contributed by atoms with Gasteiger partial charge in [-0.05, 0) is 5.56 Å². The number of likely N-dealkylation sites (N-methyl/N-ethyl adjacent to an activating group) is 1. The number of aromatic amines is 1. The molecule has 0 radical (unpaired) electrons. The van der Waals surface area contributed by atoms with Crippen molar-refractivity contribution in [2.45, 2.75) is 19.4 Å². The number of nitrogens with two attached hydrogens (primary N) is 1. The van der Waals surface area contributed by atoms with Gasteiger partial charge < -0.3 is 15.5 Å². The number of hydrogen-bond donors (Lipinski definition) is 2. The molecule has 0 spiro atoms. The molecule has 8 nitrogen and oxygen atoms in total. The van der Waals surface area contributed by atoms with E-state index in [1.807, 2.05) is 0 Å². The normalized spacial score (nSPS) is 17.1. The smallest absolute Gasteiger partial charge is 0.285 e. The first-order valence-corrected chi connectivity index (χ1v) is 10.2. The van der Waals surface area contributed by atoms with Gasteiger partial charge in [-0.15, -0.1) is 0 Å². The molecule has 2 aromatic rings. The lowest BCUT2D eigenvalue weighted by molar-refractivity contribution is -0.124. The summed E-state index contributed by atoms with van der Waals surface area (Å²) in [6.07, 6.45) is -0.822. The minimum atomic E-state index is -2.62. The lowest BCUT2D eigenvalue weighted by Crippen LogP contribution is -2.40. The average Bonchev–Trinajstić information content (AvgIpc) is 2.78. The molecule has 32 heavy (non-hydrogen) atoms. The van der Waals surface area contributed by atoms with Gasteiger partial charge in [0, 0.05) is 50.5 Å². The number of nitrogens with one attached hydrogen (secondary N) is 1. The Morgan fingerprint density at radius 3 is 2.78 bits per heavy atom. The van der Waals surface area contributed by atoms with Gasteiger partial charge >= 0.3 is 0 Å². The fourth-order valence-corrected chi connectivity index (χ4v) is 3.62. The molecule has 1 saturated heterocycles. The molecule has 0 unspecified atom stereocenters. The molecule has 0 atom stereocenters. The maximum Gasteiger partial charge on any atom is 0.285 e. The van der Waals surface area contributed by atoms with Crippen molar-refractivity contribution in [1.29, 1.82) is 0 Å². The van der Waals surface area contributed by atoms with Gasteiger partial charge in [0.1, 0.15) is 10.7 Å². The first-order valence-electron chi connectivity index (χ1n) is 9.78. The number of amides is 1. The quantitative estimate of drug-likeness (QED) is 0.661. The Hall–Kier alpha value is -3.27. The van der Waals surface area contributed by atoms with E-state index in [0.29, 0.717) is 35.5 Å². The molecular weight excluding hydrogens is 442 g/mol. The molecule has 0 saturated carbocycles. The first kappa shape index (κ1) is 23.4. The van der Waals surface area contributed by atoms with E-state index in [9.17, 15) is 18.4 Å². The largest absolute Gasteiger partial charge is 0.394 e. The van der Waals surface area contributed by atoms with E-state index in [1.54, 1.807) is 37.2 Å². The third-order valence-electron chi connectivity index (χ3n) is 5.13. The van der Waals surface area contributed by atoms with Gasteiger partial charge in [-0.1, -0.05) is 35.9 Å². The van der Waals surface area contributed by atoms with Crippen LogP contribution in [-0.2, 0) is 11.3 Å². The zero-order chi connectivity index (χ0) is 23.4. The summed E-state index contributed by atoms with van der Waals surface area (Å²) in [4.78, 5) is 32.1. The molecule has 170 valence electrons. The van der Waals surface area contributed by atoms with Crippen LogP contribution in [0.3, 0.4) is 0 Å². The van der Waals surface area contributed by atoms with Crippen LogP contribution in [0.15, 0.2) is 51.5 Å². The molecule has 1 aromatic carbocycles. The Labute approximate surface area is 188 Å². The summed E-state index contributed by atoms with van der Waals surface area (Å²) < 4.78 is 26.6. The van der Waals surface area contributed by atoms with Crippen LogP contribution in [0.1, 0.15) is 24.0 Å². The number of aliphatic imine (C=N–C) groups is 1. The van der Waals surface area contributed by atoms with E-state index >= 15 is 0 Å². The number of carbonyl (C=O) groups is 1. The fourth-order valence-electron chi connectivity index (χ4n) is 3.41. The molecule has 3 rings (SSSR count). The van der Waals surface area contributed by atoms with E-state index in [1.165, 1.54) is 17.2 Å². The van der Waals surface area contributed by atoms with Crippen LogP contribution in [0.25, 0.3) is 0 Å². The number of alkyl halides is 2. The molecule has 2 heterocycles. The van der Waals surface area contributed by atoms with Gasteiger partial charge in [-0.2, -0.15) is 5.10 Å². The zero-order valence-electron chi connectivity index (χ0n) is 17.6. The van der Waals surface area contributed by atoms with E-state index in [4.69, 9.17) is 17.3 Å². The summed E-state index contributed by atoms with van der Waals surface area (Å²) in [5.41, 5.74) is 7.37. The van der Waals surface area contributed by atoms with E-state index in [0.717, 1.165) is 0 Å². The number of halogens is 3. The Bertz CT molecular complexity index is 1130. The van der Waals surface area contributed by atoms with E-state index in [-0.39, 0.29) is 29.4 Å². The van der Waals surface area contributed by atoms with Gasteiger partial charge in [-0.3, -0.25) is 14.6 Å². The third-order valence-corrected chi connectivity index (χ3v) is 5.49. The number of anilines is 1. The number of benzene rings is 1. The van der Waals surface area contributed by atoms with Crippen molar-refractivity contribution in [3.63, 3.8) is 0 Å². The highest BCUT2D eigenvalue weighted by molar-refractivity contribution is 6.33. The summed E-state index contributed by atoms with van der Waals surface area (Å²) >= 11 is 6.14. The first-order chi connectivity index (χ1) is 15.2. The van der Waals surface area contributed by atoms with Gasteiger partial charge in [0.2, 0.25) is 0 Å². The molecule has 0 aliphatic carbocycles. The van der Waals surface area contributed by atoms with Crippen LogP contribution >= 0.6 is 11.6 Å². The van der Waals surface area contributed by atoms with Crippen molar-refractivity contribution in [3.05, 3.63) is 68.2 Å². The standard InChI is InChI=1S/C21H23ClF2N6O2/c1-29(2)21(32)18(25)14-11-30(16-10-27-28-20(31)17(16)22)8-7-15(14)26-9-12-5-3-4-6-13(12)19(23)24/h3-6,10,19H,7-9,11,25H2,1-2H3,(H,28,31). The SMILES string of the molecule is CN(C)C(=O)C(N)=C1CN(c2cn[nH]c(=O)c2Cl)CCC1=NCc1ccccc1C(F)F. The van der Waals surface area contributed by atoms with Crippen LogP contribution in [-0.4, -0.2) is 53.9 Å². The molecule has 1 aliphatic rings. The topological polar surface area (TPSA) is 108 Å². The Kier molecular flexibility index (Phi) is 7.24. The Balaban J connectivity index is 1.99. The number of piperidine rings is 1. The number of nitrogens with zero attached hydrogens (tertiary/aromatic N) is 4. The van der Waals surface area contributed by atoms with Crippen molar-refractivity contribution < 1.29 is 13.6 Å². The van der Waals surface area contributed by atoms with Crippen LogP contribution < -0.4 is 16.2 Å².